The molecule has 26 heavy (non-hydrogen) atoms. The van der Waals surface area contributed by atoms with Gasteiger partial charge in [0, 0.05) is 12.2 Å². The zero-order chi connectivity index (χ0) is 18.7. The maximum absolute atomic E-state index is 12.5. The number of aromatic nitrogens is 2. The third kappa shape index (κ3) is 3.73. The van der Waals surface area contributed by atoms with E-state index in [1.165, 1.54) is 4.31 Å². The van der Waals surface area contributed by atoms with Crippen LogP contribution in [0.3, 0.4) is 0 Å². The number of amides is 1. The molecule has 0 radical (unpaired) electrons. The minimum Gasteiger partial charge on any atom is -0.321 e. The molecule has 0 spiro atoms. The van der Waals surface area contributed by atoms with Gasteiger partial charge < -0.3 is 5.32 Å². The van der Waals surface area contributed by atoms with Crippen molar-refractivity contribution >= 4 is 38.8 Å². The van der Waals surface area contributed by atoms with E-state index in [2.05, 4.69) is 14.9 Å². The largest absolute Gasteiger partial charge is 0.321 e. The van der Waals surface area contributed by atoms with Crippen LogP contribution >= 0.6 is 11.5 Å². The van der Waals surface area contributed by atoms with Gasteiger partial charge in [-0.25, -0.2) is 8.42 Å². The van der Waals surface area contributed by atoms with Crippen molar-refractivity contribution < 1.29 is 13.2 Å². The maximum atomic E-state index is 12.5. The molecule has 3 rings (SSSR count). The fourth-order valence-electron chi connectivity index (χ4n) is 3.05. The van der Waals surface area contributed by atoms with Gasteiger partial charge in [-0.3, -0.25) is 9.10 Å². The van der Waals surface area contributed by atoms with Crippen LogP contribution in [-0.4, -0.2) is 36.2 Å². The van der Waals surface area contributed by atoms with Crippen molar-refractivity contribution in [3.8, 4) is 0 Å². The monoisotopic (exact) mass is 394 g/mol. The molecular weight excluding hydrogens is 372 g/mol. The summed E-state index contributed by atoms with van der Waals surface area (Å²) in [5.74, 6) is -0.152. The average molecular weight is 395 g/mol. The van der Waals surface area contributed by atoms with Gasteiger partial charge in [0.05, 0.1) is 17.1 Å². The van der Waals surface area contributed by atoms with Crippen molar-refractivity contribution in [3.05, 3.63) is 34.3 Å². The molecule has 1 N–H and O–H groups in total. The third-order valence-electron chi connectivity index (χ3n) is 4.36. The van der Waals surface area contributed by atoms with Crippen molar-refractivity contribution in [2.45, 2.75) is 39.5 Å². The minimum absolute atomic E-state index is 0.0729. The number of benzene rings is 1. The number of hydrogen-bond acceptors (Lipinski definition) is 6. The molecule has 0 unspecified atom stereocenters. The number of fused-ring (bicyclic) bond motifs is 1. The first-order chi connectivity index (χ1) is 12.5. The molecule has 1 aromatic heterocycles. The summed E-state index contributed by atoms with van der Waals surface area (Å²) in [6, 6.07) is 5.38. The second kappa shape index (κ2) is 7.71. The Balaban J connectivity index is 1.83. The van der Waals surface area contributed by atoms with Gasteiger partial charge in [0.2, 0.25) is 10.0 Å². The van der Waals surface area contributed by atoms with Gasteiger partial charge >= 0.3 is 0 Å². The summed E-state index contributed by atoms with van der Waals surface area (Å²) in [5, 5.41) is 6.90. The smallest absolute Gasteiger partial charge is 0.269 e. The Kier molecular flexibility index (Phi) is 5.57. The summed E-state index contributed by atoms with van der Waals surface area (Å²) in [5.41, 5.74) is 3.01. The van der Waals surface area contributed by atoms with Gasteiger partial charge in [-0.15, -0.1) is 5.10 Å². The van der Waals surface area contributed by atoms with E-state index < -0.39 is 10.0 Å². The number of sulfonamides is 1. The van der Waals surface area contributed by atoms with Crippen LogP contribution in [0.1, 0.15) is 47.6 Å². The lowest BCUT2D eigenvalue weighted by molar-refractivity contribution is 0.102. The standard InChI is InChI=1S/C17H22N4O3S2/c1-3-6-14-16(25-20-19-14)17(22)18-13-8-9-15-12(11-13)7-5-10-21(15)26(23,24)4-2/h8-9,11H,3-7,10H2,1-2H3,(H,18,22). The second-order valence-corrected chi connectivity index (χ2v) is 9.11. The molecule has 0 atom stereocenters. The van der Waals surface area contributed by atoms with Gasteiger partial charge in [-0.05, 0) is 61.5 Å². The molecule has 0 aliphatic carbocycles. The number of aryl methyl sites for hydroxylation is 2. The second-order valence-electron chi connectivity index (χ2n) is 6.17. The summed E-state index contributed by atoms with van der Waals surface area (Å²) >= 11 is 1.09. The van der Waals surface area contributed by atoms with E-state index in [1.54, 1.807) is 19.1 Å². The Morgan fingerprint density at radius 1 is 1.35 bits per heavy atom. The molecule has 0 fully saturated rings. The molecule has 140 valence electrons. The van der Waals surface area contributed by atoms with Gasteiger partial charge in [-0.2, -0.15) is 0 Å². The molecule has 2 aromatic rings. The Morgan fingerprint density at radius 3 is 2.88 bits per heavy atom. The highest BCUT2D eigenvalue weighted by molar-refractivity contribution is 7.92. The van der Waals surface area contributed by atoms with Crippen molar-refractivity contribution in [1.29, 1.82) is 0 Å². The highest BCUT2D eigenvalue weighted by Crippen LogP contribution is 2.32. The zero-order valence-electron chi connectivity index (χ0n) is 14.9. The lowest BCUT2D eigenvalue weighted by atomic mass is 10.0. The van der Waals surface area contributed by atoms with E-state index in [9.17, 15) is 13.2 Å². The van der Waals surface area contributed by atoms with Gasteiger partial charge in [-0.1, -0.05) is 17.8 Å². The summed E-state index contributed by atoms with van der Waals surface area (Å²) in [6.45, 7) is 4.18. The Morgan fingerprint density at radius 2 is 2.15 bits per heavy atom. The average Bonchev–Trinajstić information content (AvgIpc) is 3.09. The van der Waals surface area contributed by atoms with Crippen LogP contribution in [0.4, 0.5) is 11.4 Å². The normalized spacial score (nSPS) is 14.2. The predicted octanol–water partition coefficient (Wildman–Crippen LogP) is 2.85. The van der Waals surface area contributed by atoms with E-state index in [0.717, 1.165) is 36.4 Å². The fourth-order valence-corrected chi connectivity index (χ4v) is 4.85. The molecule has 1 aliphatic heterocycles. The predicted molar refractivity (Wildman–Crippen MR) is 103 cm³/mol. The first-order valence-corrected chi connectivity index (χ1v) is 11.1. The SMILES string of the molecule is CCCc1nnsc1C(=O)Nc1ccc2c(c1)CCCN2S(=O)(=O)CC. The summed E-state index contributed by atoms with van der Waals surface area (Å²) in [6.07, 6.45) is 3.17. The first-order valence-electron chi connectivity index (χ1n) is 8.72. The van der Waals surface area contributed by atoms with Crippen LogP contribution in [0.15, 0.2) is 18.2 Å². The first kappa shape index (κ1) is 18.8. The molecule has 0 saturated carbocycles. The molecule has 2 heterocycles. The Bertz CT molecular complexity index is 908. The molecule has 1 aromatic carbocycles. The third-order valence-corrected chi connectivity index (χ3v) is 6.91. The molecule has 9 heteroatoms. The number of anilines is 2. The molecule has 7 nitrogen and oxygen atoms in total. The lowest BCUT2D eigenvalue weighted by Gasteiger charge is -2.30. The highest BCUT2D eigenvalue weighted by atomic mass is 32.2. The number of nitrogens with zero attached hydrogens (tertiary/aromatic N) is 3. The Labute approximate surface area is 157 Å². The lowest BCUT2D eigenvalue weighted by Crippen LogP contribution is -2.36. The van der Waals surface area contributed by atoms with Crippen molar-refractivity contribution in [1.82, 2.24) is 9.59 Å². The minimum atomic E-state index is -3.29. The van der Waals surface area contributed by atoms with Crippen LogP contribution in [0.2, 0.25) is 0 Å². The van der Waals surface area contributed by atoms with Crippen LogP contribution < -0.4 is 9.62 Å². The maximum Gasteiger partial charge on any atom is 0.269 e. The van der Waals surface area contributed by atoms with E-state index >= 15 is 0 Å². The van der Waals surface area contributed by atoms with Crippen LogP contribution in [-0.2, 0) is 22.9 Å². The summed E-state index contributed by atoms with van der Waals surface area (Å²) < 4.78 is 29.9. The van der Waals surface area contributed by atoms with Crippen LogP contribution in [0.25, 0.3) is 0 Å². The number of rotatable bonds is 6. The quantitative estimate of drug-likeness (QED) is 0.813. The molecule has 0 bridgehead atoms. The van der Waals surface area contributed by atoms with Gasteiger partial charge in [0.1, 0.15) is 4.88 Å². The van der Waals surface area contributed by atoms with Crippen LogP contribution in [0.5, 0.6) is 0 Å². The molecule has 1 aliphatic rings. The van der Waals surface area contributed by atoms with Crippen molar-refractivity contribution in [3.63, 3.8) is 0 Å². The summed E-state index contributed by atoms with van der Waals surface area (Å²) in [7, 11) is -3.29. The van der Waals surface area contributed by atoms with Crippen molar-refractivity contribution in [2.75, 3.05) is 21.9 Å². The number of nitrogens with one attached hydrogen (secondary N) is 1. The van der Waals surface area contributed by atoms with E-state index in [0.29, 0.717) is 34.9 Å². The van der Waals surface area contributed by atoms with E-state index in [1.807, 2.05) is 13.0 Å². The molecule has 1 amide bonds. The topological polar surface area (TPSA) is 92.3 Å². The zero-order valence-corrected chi connectivity index (χ0v) is 16.5. The molecule has 0 saturated heterocycles. The van der Waals surface area contributed by atoms with Crippen molar-refractivity contribution in [2.24, 2.45) is 0 Å². The fraction of sp³-hybridized carbons (Fsp3) is 0.471. The van der Waals surface area contributed by atoms with E-state index in [4.69, 9.17) is 0 Å². The molecular formula is C17H22N4O3S2. The van der Waals surface area contributed by atoms with E-state index in [-0.39, 0.29) is 11.7 Å². The van der Waals surface area contributed by atoms with Gasteiger partial charge in [0.25, 0.3) is 5.91 Å². The van der Waals surface area contributed by atoms with Crippen LogP contribution in [0, 0.1) is 0 Å². The number of carbonyl (C=O) groups excluding carboxylic acids is 1. The number of carbonyl (C=O) groups is 1. The highest BCUT2D eigenvalue weighted by Gasteiger charge is 2.26. The summed E-state index contributed by atoms with van der Waals surface area (Å²) in [4.78, 5) is 13.0. The Hall–Kier alpha value is -2.00. The van der Waals surface area contributed by atoms with Gasteiger partial charge in [0.15, 0.2) is 0 Å². The number of hydrogen-bond donors (Lipinski definition) is 1.